The van der Waals surface area contributed by atoms with Gasteiger partial charge in [0.2, 0.25) is 0 Å². The van der Waals surface area contributed by atoms with E-state index in [0.717, 1.165) is 11.3 Å². The van der Waals surface area contributed by atoms with Crippen molar-refractivity contribution in [1.29, 1.82) is 0 Å². The number of rotatable bonds is 3. The Morgan fingerprint density at radius 3 is 2.50 bits per heavy atom. The molecule has 2 aromatic rings. The number of nitrogens with two attached hydrogens (primary N) is 1. The first kappa shape index (κ1) is 18.4. The smallest absolute Gasteiger partial charge is 0.257 e. The number of carbonyl (C=O) groups excluding carboxylic acids is 1. The summed E-state index contributed by atoms with van der Waals surface area (Å²) < 4.78 is 2.35. The number of carbonyl (C=O) groups is 1. The molecule has 130 valence electrons. The van der Waals surface area contributed by atoms with Crippen molar-refractivity contribution in [3.63, 3.8) is 0 Å². The minimum absolute atomic E-state index is 0. The van der Waals surface area contributed by atoms with E-state index in [1.54, 1.807) is 6.07 Å². The number of nitrogens with one attached hydrogen (secondary N) is 1. The number of halogens is 1. The Balaban J connectivity index is 0.00000208. The molecule has 1 fully saturated rings. The van der Waals surface area contributed by atoms with Gasteiger partial charge in [-0.25, -0.2) is 0 Å². The van der Waals surface area contributed by atoms with E-state index in [0.29, 0.717) is 17.4 Å². The van der Waals surface area contributed by atoms with Crippen LogP contribution in [-0.2, 0) is 0 Å². The Morgan fingerprint density at radius 2 is 1.83 bits per heavy atom. The molecule has 5 heteroatoms. The first-order chi connectivity index (χ1) is 11.1. The van der Waals surface area contributed by atoms with Gasteiger partial charge in [0, 0.05) is 17.4 Å². The summed E-state index contributed by atoms with van der Waals surface area (Å²) in [4.78, 5) is 12.7. The highest BCUT2D eigenvalue weighted by molar-refractivity contribution is 6.06. The third kappa shape index (κ3) is 3.59. The van der Waals surface area contributed by atoms with Gasteiger partial charge in [-0.15, -0.1) is 12.4 Å². The van der Waals surface area contributed by atoms with Crippen molar-refractivity contribution in [1.82, 2.24) is 4.57 Å². The third-order valence-electron chi connectivity index (χ3n) is 4.88. The fourth-order valence-electron chi connectivity index (χ4n) is 3.71. The molecule has 3 rings (SSSR count). The number of anilines is 2. The maximum atomic E-state index is 12.7. The Labute approximate surface area is 149 Å². The average Bonchev–Trinajstić information content (AvgIpc) is 2.85. The molecule has 0 aliphatic heterocycles. The van der Waals surface area contributed by atoms with Gasteiger partial charge < -0.3 is 15.6 Å². The molecule has 0 unspecified atom stereocenters. The molecular weight excluding hydrogens is 322 g/mol. The maximum absolute atomic E-state index is 12.7. The lowest BCUT2D eigenvalue weighted by atomic mass is 9.95. The van der Waals surface area contributed by atoms with Crippen molar-refractivity contribution in [2.75, 3.05) is 11.1 Å². The molecule has 1 amide bonds. The fourth-order valence-corrected chi connectivity index (χ4v) is 3.71. The number of benzene rings is 1. The Kier molecular flexibility index (Phi) is 5.94. The van der Waals surface area contributed by atoms with Crippen molar-refractivity contribution in [2.24, 2.45) is 0 Å². The van der Waals surface area contributed by atoms with Crippen molar-refractivity contribution in [2.45, 2.75) is 52.0 Å². The Morgan fingerprint density at radius 1 is 1.17 bits per heavy atom. The molecule has 0 spiro atoms. The first-order valence-electron chi connectivity index (χ1n) is 8.42. The standard InChI is InChI=1S/C19H25N3O.ClH/c1-13-12-16(14(2)22(13)15-8-4-3-5-9-15)19(23)21-18-11-7-6-10-17(18)20;/h6-7,10-12,15H,3-5,8-9,20H2,1-2H3,(H,21,23);1H. The number of hydrogen-bond acceptors (Lipinski definition) is 2. The van der Waals surface area contributed by atoms with Gasteiger partial charge in [-0.3, -0.25) is 4.79 Å². The van der Waals surface area contributed by atoms with E-state index >= 15 is 0 Å². The molecule has 1 saturated carbocycles. The molecule has 24 heavy (non-hydrogen) atoms. The number of nitrogens with zero attached hydrogens (tertiary/aromatic N) is 1. The van der Waals surface area contributed by atoms with Crippen LogP contribution in [0.5, 0.6) is 0 Å². The summed E-state index contributed by atoms with van der Waals surface area (Å²) in [5, 5.41) is 2.93. The molecule has 4 nitrogen and oxygen atoms in total. The van der Waals surface area contributed by atoms with E-state index in [1.807, 2.05) is 31.2 Å². The minimum Gasteiger partial charge on any atom is -0.397 e. The Bertz CT molecular complexity index is 717. The average molecular weight is 348 g/mol. The number of amides is 1. The highest BCUT2D eigenvalue weighted by Crippen LogP contribution is 2.32. The lowest BCUT2D eigenvalue weighted by Crippen LogP contribution is -2.17. The van der Waals surface area contributed by atoms with E-state index < -0.39 is 0 Å². The second kappa shape index (κ2) is 7.75. The van der Waals surface area contributed by atoms with Crippen LogP contribution < -0.4 is 11.1 Å². The quantitative estimate of drug-likeness (QED) is 0.778. The van der Waals surface area contributed by atoms with Crippen LogP contribution >= 0.6 is 12.4 Å². The van der Waals surface area contributed by atoms with Gasteiger partial charge in [-0.2, -0.15) is 0 Å². The summed E-state index contributed by atoms with van der Waals surface area (Å²) in [7, 11) is 0. The van der Waals surface area contributed by atoms with Gasteiger partial charge in [0.05, 0.1) is 16.9 Å². The highest BCUT2D eigenvalue weighted by Gasteiger charge is 2.22. The van der Waals surface area contributed by atoms with E-state index in [1.165, 1.54) is 37.8 Å². The van der Waals surface area contributed by atoms with E-state index in [9.17, 15) is 4.79 Å². The van der Waals surface area contributed by atoms with Crippen LogP contribution in [0.3, 0.4) is 0 Å². The van der Waals surface area contributed by atoms with Gasteiger partial charge >= 0.3 is 0 Å². The van der Waals surface area contributed by atoms with Crippen molar-refractivity contribution < 1.29 is 4.79 Å². The Hall–Kier alpha value is -1.94. The number of hydrogen-bond donors (Lipinski definition) is 2. The maximum Gasteiger partial charge on any atom is 0.257 e. The van der Waals surface area contributed by atoms with Crippen LogP contribution in [0.4, 0.5) is 11.4 Å². The highest BCUT2D eigenvalue weighted by atomic mass is 35.5. The largest absolute Gasteiger partial charge is 0.397 e. The van der Waals surface area contributed by atoms with Gasteiger partial charge in [-0.05, 0) is 44.9 Å². The SMILES string of the molecule is Cc1cc(C(=O)Nc2ccccc2N)c(C)n1C1CCCCC1.Cl. The van der Waals surface area contributed by atoms with Crippen LogP contribution in [0.15, 0.2) is 30.3 Å². The molecule has 0 saturated heterocycles. The monoisotopic (exact) mass is 347 g/mol. The lowest BCUT2D eigenvalue weighted by molar-refractivity contribution is 0.102. The summed E-state index contributed by atoms with van der Waals surface area (Å²) in [6.07, 6.45) is 6.32. The van der Waals surface area contributed by atoms with Gasteiger partial charge in [0.1, 0.15) is 0 Å². The lowest BCUT2D eigenvalue weighted by Gasteiger charge is -2.26. The number of nitrogen functional groups attached to an aromatic ring is 1. The number of aryl methyl sites for hydroxylation is 1. The van der Waals surface area contributed by atoms with Crippen LogP contribution in [0.25, 0.3) is 0 Å². The summed E-state index contributed by atoms with van der Waals surface area (Å²) in [5.74, 6) is -0.0851. The van der Waals surface area contributed by atoms with Crippen LogP contribution in [0, 0.1) is 13.8 Å². The van der Waals surface area contributed by atoms with Gasteiger partial charge in [0.25, 0.3) is 5.91 Å². The van der Waals surface area contributed by atoms with Gasteiger partial charge in [0.15, 0.2) is 0 Å². The van der Waals surface area contributed by atoms with Crippen LogP contribution in [0.1, 0.15) is 59.9 Å². The minimum atomic E-state index is -0.0851. The normalized spacial score (nSPS) is 14.9. The molecule has 1 aliphatic carbocycles. The van der Waals surface area contributed by atoms with E-state index in [-0.39, 0.29) is 18.3 Å². The topological polar surface area (TPSA) is 60.1 Å². The zero-order valence-corrected chi connectivity index (χ0v) is 15.2. The molecule has 3 N–H and O–H groups in total. The number of aromatic nitrogens is 1. The van der Waals surface area contributed by atoms with E-state index in [2.05, 4.69) is 16.8 Å². The molecule has 0 atom stereocenters. The van der Waals surface area contributed by atoms with E-state index in [4.69, 9.17) is 5.73 Å². The zero-order valence-electron chi connectivity index (χ0n) is 14.3. The number of para-hydroxylation sites is 2. The third-order valence-corrected chi connectivity index (χ3v) is 4.88. The van der Waals surface area contributed by atoms with Gasteiger partial charge in [-0.1, -0.05) is 31.4 Å². The summed E-state index contributed by atoms with van der Waals surface area (Å²) in [6.45, 7) is 4.14. The zero-order chi connectivity index (χ0) is 16.4. The van der Waals surface area contributed by atoms with Crippen LogP contribution in [-0.4, -0.2) is 10.5 Å². The molecular formula is C19H26ClN3O. The fraction of sp³-hybridized carbons (Fsp3) is 0.421. The van der Waals surface area contributed by atoms with Crippen LogP contribution in [0.2, 0.25) is 0 Å². The molecule has 1 aromatic heterocycles. The summed E-state index contributed by atoms with van der Waals surface area (Å²) in [5.41, 5.74) is 10.1. The van der Waals surface area contributed by atoms with Crippen molar-refractivity contribution >= 4 is 29.7 Å². The predicted molar refractivity (Wildman–Crippen MR) is 102 cm³/mol. The predicted octanol–water partition coefficient (Wildman–Crippen LogP) is 4.87. The molecule has 0 bridgehead atoms. The first-order valence-corrected chi connectivity index (χ1v) is 8.42. The molecule has 1 heterocycles. The second-order valence-electron chi connectivity index (χ2n) is 6.49. The van der Waals surface area contributed by atoms with Crippen molar-refractivity contribution in [3.05, 3.63) is 47.3 Å². The summed E-state index contributed by atoms with van der Waals surface area (Å²) in [6, 6.07) is 9.89. The second-order valence-corrected chi connectivity index (χ2v) is 6.49. The molecule has 1 aromatic carbocycles. The van der Waals surface area contributed by atoms with Crippen molar-refractivity contribution in [3.8, 4) is 0 Å². The molecule has 1 aliphatic rings. The molecule has 0 radical (unpaired) electrons. The summed E-state index contributed by atoms with van der Waals surface area (Å²) >= 11 is 0.